The van der Waals surface area contributed by atoms with E-state index in [2.05, 4.69) is 20.6 Å². The van der Waals surface area contributed by atoms with Crippen LogP contribution in [0.3, 0.4) is 0 Å². The van der Waals surface area contributed by atoms with Crippen LogP contribution in [0, 0.1) is 6.92 Å². The molecule has 0 bridgehead atoms. The first kappa shape index (κ1) is 30.0. The lowest BCUT2D eigenvalue weighted by atomic mass is 9.94. The predicted octanol–water partition coefficient (Wildman–Crippen LogP) is 4.78. The molecule has 12 heteroatoms. The summed E-state index contributed by atoms with van der Waals surface area (Å²) < 4.78 is 33.5. The Kier molecular flexibility index (Phi) is 8.57. The minimum atomic E-state index is -2.95. The summed E-state index contributed by atoms with van der Waals surface area (Å²) >= 11 is 1.52. The average molecular weight is 622 g/mol. The van der Waals surface area contributed by atoms with Crippen LogP contribution in [0.25, 0.3) is 11.5 Å². The maximum absolute atomic E-state index is 14.0. The molecule has 6 rings (SSSR count). The smallest absolute Gasteiger partial charge is 0.261 e. The summed E-state index contributed by atoms with van der Waals surface area (Å²) in [4.78, 5) is 38.4. The van der Waals surface area contributed by atoms with Gasteiger partial charge in [-0.25, -0.2) is 18.7 Å². The Morgan fingerprint density at radius 2 is 2.02 bits per heavy atom. The first-order valence-electron chi connectivity index (χ1n) is 14.6. The molecule has 2 aliphatic heterocycles. The number of benzene rings is 2. The second kappa shape index (κ2) is 12.5. The van der Waals surface area contributed by atoms with Gasteiger partial charge >= 0.3 is 0 Å². The molecule has 4 atom stereocenters. The molecule has 2 aliphatic rings. The predicted molar refractivity (Wildman–Crippen MR) is 161 cm³/mol. The Balaban J connectivity index is 1.30. The number of aliphatic hydroxyl groups is 1. The number of rotatable bonds is 9. The van der Waals surface area contributed by atoms with Crippen LogP contribution in [-0.4, -0.2) is 69.0 Å². The highest BCUT2D eigenvalue weighted by Crippen LogP contribution is 2.35. The Labute approximate surface area is 257 Å². The fourth-order valence-electron chi connectivity index (χ4n) is 5.97. The van der Waals surface area contributed by atoms with E-state index in [1.807, 2.05) is 42.6 Å². The van der Waals surface area contributed by atoms with Gasteiger partial charge in [-0.2, -0.15) is 0 Å². The van der Waals surface area contributed by atoms with Gasteiger partial charge in [-0.1, -0.05) is 30.3 Å². The fraction of sp³-hybridized carbons (Fsp3) is 0.375. The number of hydrogen-bond acceptors (Lipinski definition) is 8. The van der Waals surface area contributed by atoms with Gasteiger partial charge < -0.3 is 25.1 Å². The van der Waals surface area contributed by atoms with Crippen LogP contribution >= 0.6 is 11.3 Å². The summed E-state index contributed by atoms with van der Waals surface area (Å²) in [5.74, 6) is -3.52. The van der Waals surface area contributed by atoms with Crippen LogP contribution in [0.5, 0.6) is 0 Å². The summed E-state index contributed by atoms with van der Waals surface area (Å²) in [6.45, 7) is 1.93. The zero-order chi connectivity index (χ0) is 30.8. The standard InChI is InChI=1S/C32H33F2N5O4S/c1-19-17-44-30(37-19)26-8-5-10-39(26)31(42)23-14-21(13-22(15-23)29-35-9-11-43-29)28(41)38-24(12-20-6-3-2-4-7-20)27(40)25-16-32(33,34)18-36-25/h2-4,6-7,9,11,13-15,17,24-27,36,40H,5,8,10,12,16,18H2,1H3,(H,38,41)/t24-,25+,26+,27+/m0/s1. The second-order valence-electron chi connectivity index (χ2n) is 11.4. The van der Waals surface area contributed by atoms with Gasteiger partial charge in [-0.3, -0.25) is 9.59 Å². The molecule has 4 heterocycles. The van der Waals surface area contributed by atoms with Gasteiger partial charge in [0.2, 0.25) is 5.89 Å². The first-order valence-corrected chi connectivity index (χ1v) is 15.5. The van der Waals surface area contributed by atoms with Gasteiger partial charge in [0.15, 0.2) is 0 Å². The Morgan fingerprint density at radius 3 is 2.70 bits per heavy atom. The molecule has 2 aromatic heterocycles. The maximum atomic E-state index is 14.0. The number of thiazole rings is 1. The lowest BCUT2D eigenvalue weighted by molar-refractivity contribution is 0.0112. The molecule has 0 aliphatic carbocycles. The number of likely N-dealkylation sites (tertiary alicyclic amines) is 1. The molecule has 2 saturated heterocycles. The van der Waals surface area contributed by atoms with E-state index in [0.717, 1.165) is 29.1 Å². The number of oxazole rings is 1. The van der Waals surface area contributed by atoms with E-state index < -0.39 is 43.0 Å². The van der Waals surface area contributed by atoms with E-state index in [0.29, 0.717) is 12.1 Å². The third-order valence-electron chi connectivity index (χ3n) is 8.14. The molecular weight excluding hydrogens is 588 g/mol. The van der Waals surface area contributed by atoms with Crippen LogP contribution in [0.15, 0.2) is 70.8 Å². The van der Waals surface area contributed by atoms with Crippen molar-refractivity contribution in [1.29, 1.82) is 0 Å². The van der Waals surface area contributed by atoms with Crippen molar-refractivity contribution >= 4 is 23.2 Å². The van der Waals surface area contributed by atoms with Crippen LogP contribution in [-0.2, 0) is 6.42 Å². The zero-order valence-corrected chi connectivity index (χ0v) is 24.9. The van der Waals surface area contributed by atoms with Crippen LogP contribution in [0.4, 0.5) is 8.78 Å². The van der Waals surface area contributed by atoms with Crippen molar-refractivity contribution in [2.45, 2.75) is 62.8 Å². The monoisotopic (exact) mass is 621 g/mol. The summed E-state index contributed by atoms with van der Waals surface area (Å²) in [7, 11) is 0. The highest BCUT2D eigenvalue weighted by molar-refractivity contribution is 7.09. The summed E-state index contributed by atoms with van der Waals surface area (Å²) in [5.41, 5.74) is 2.59. The molecular formula is C32H33F2N5O4S. The van der Waals surface area contributed by atoms with Crippen LogP contribution in [0.1, 0.15) is 62.3 Å². The number of carbonyl (C=O) groups excluding carboxylic acids is 2. The largest absolute Gasteiger partial charge is 0.445 e. The lowest BCUT2D eigenvalue weighted by Crippen LogP contribution is -2.52. The topological polar surface area (TPSA) is 121 Å². The van der Waals surface area contributed by atoms with Crippen molar-refractivity contribution in [3.63, 3.8) is 0 Å². The molecule has 0 unspecified atom stereocenters. The fourth-order valence-corrected chi connectivity index (χ4v) is 6.92. The molecule has 230 valence electrons. The number of nitrogens with one attached hydrogen (secondary N) is 2. The Morgan fingerprint density at radius 1 is 1.23 bits per heavy atom. The molecule has 2 fully saturated rings. The quantitative estimate of drug-likeness (QED) is 0.246. The van der Waals surface area contributed by atoms with Crippen molar-refractivity contribution in [3.05, 3.63) is 93.8 Å². The Bertz CT molecular complexity index is 1610. The van der Waals surface area contributed by atoms with E-state index in [4.69, 9.17) is 4.42 Å². The third-order valence-corrected chi connectivity index (χ3v) is 9.20. The first-order chi connectivity index (χ1) is 21.2. The Hall–Kier alpha value is -4.00. The summed E-state index contributed by atoms with van der Waals surface area (Å²) in [6.07, 6.45) is 2.88. The molecule has 2 amide bonds. The molecule has 0 spiro atoms. The zero-order valence-electron chi connectivity index (χ0n) is 24.1. The van der Waals surface area contributed by atoms with Gasteiger partial charge in [0.05, 0.1) is 30.9 Å². The summed E-state index contributed by atoms with van der Waals surface area (Å²) in [6, 6.07) is 12.0. The highest BCUT2D eigenvalue weighted by atomic mass is 32.1. The van der Waals surface area contributed by atoms with Gasteiger partial charge in [0, 0.05) is 46.8 Å². The highest BCUT2D eigenvalue weighted by Gasteiger charge is 2.44. The van der Waals surface area contributed by atoms with Crippen molar-refractivity contribution in [1.82, 2.24) is 25.5 Å². The van der Waals surface area contributed by atoms with Crippen molar-refractivity contribution in [2.24, 2.45) is 0 Å². The number of aromatic nitrogens is 2. The maximum Gasteiger partial charge on any atom is 0.261 e. The molecule has 0 saturated carbocycles. The van der Waals surface area contributed by atoms with Crippen molar-refractivity contribution in [3.8, 4) is 11.5 Å². The number of nitrogens with zero attached hydrogens (tertiary/aromatic N) is 3. The number of hydrogen-bond donors (Lipinski definition) is 3. The minimum absolute atomic E-state index is 0.153. The molecule has 2 aromatic carbocycles. The lowest BCUT2D eigenvalue weighted by Gasteiger charge is -2.29. The SMILES string of the molecule is Cc1csc([C@H]2CCCN2C(=O)c2cc(C(=O)N[C@@H](Cc3ccccc3)[C@@H](O)[C@H]3CC(F)(F)CN3)cc(-c3ncco3)c2)n1. The molecule has 0 radical (unpaired) electrons. The number of alkyl halides is 2. The third kappa shape index (κ3) is 6.57. The number of carbonyl (C=O) groups is 2. The van der Waals surface area contributed by atoms with E-state index >= 15 is 0 Å². The number of aryl methyl sites for hydroxylation is 1. The van der Waals surface area contributed by atoms with Gasteiger partial charge in [-0.05, 0) is 49.9 Å². The average Bonchev–Trinajstić information content (AvgIpc) is 3.84. The molecule has 9 nitrogen and oxygen atoms in total. The van der Waals surface area contributed by atoms with Crippen molar-refractivity contribution < 1.29 is 27.9 Å². The second-order valence-corrected chi connectivity index (χ2v) is 12.3. The molecule has 3 N–H and O–H groups in total. The minimum Gasteiger partial charge on any atom is -0.445 e. The van der Waals surface area contributed by atoms with E-state index in [1.54, 1.807) is 17.0 Å². The number of aliphatic hydroxyl groups excluding tert-OH is 1. The van der Waals surface area contributed by atoms with Gasteiger partial charge in [0.25, 0.3) is 17.7 Å². The number of halogens is 2. The van der Waals surface area contributed by atoms with Gasteiger partial charge in [-0.15, -0.1) is 11.3 Å². The van der Waals surface area contributed by atoms with E-state index in [9.17, 15) is 23.5 Å². The van der Waals surface area contributed by atoms with Crippen LogP contribution in [0.2, 0.25) is 0 Å². The number of amides is 2. The van der Waals surface area contributed by atoms with E-state index in [-0.39, 0.29) is 35.4 Å². The normalized spacial score (nSPS) is 20.9. The molecule has 44 heavy (non-hydrogen) atoms. The summed E-state index contributed by atoms with van der Waals surface area (Å²) in [5, 5.41) is 19.6. The van der Waals surface area contributed by atoms with E-state index in [1.165, 1.54) is 29.9 Å². The van der Waals surface area contributed by atoms with Gasteiger partial charge in [0.1, 0.15) is 11.3 Å². The molecule has 4 aromatic rings. The van der Waals surface area contributed by atoms with Crippen molar-refractivity contribution in [2.75, 3.05) is 13.1 Å². The van der Waals surface area contributed by atoms with Crippen LogP contribution < -0.4 is 10.6 Å².